The Labute approximate surface area is 168 Å². The highest BCUT2D eigenvalue weighted by atomic mass is 35.5. The van der Waals surface area contributed by atoms with Crippen LogP contribution in [0.3, 0.4) is 0 Å². The van der Waals surface area contributed by atoms with Crippen LogP contribution in [0.1, 0.15) is 15.9 Å². The average molecular weight is 420 g/mol. The summed E-state index contributed by atoms with van der Waals surface area (Å²) in [4.78, 5) is 16.9. The van der Waals surface area contributed by atoms with E-state index in [0.29, 0.717) is 27.5 Å². The van der Waals surface area contributed by atoms with E-state index in [-0.39, 0.29) is 16.3 Å². The van der Waals surface area contributed by atoms with E-state index in [4.69, 9.17) is 23.2 Å². The van der Waals surface area contributed by atoms with Crippen LogP contribution in [-0.4, -0.2) is 19.7 Å². The number of anilines is 1. The first kappa shape index (κ1) is 19.5. The first-order valence-corrected chi connectivity index (χ1v) is 9.80. The van der Waals surface area contributed by atoms with E-state index in [9.17, 15) is 13.6 Å². The van der Waals surface area contributed by atoms with Gasteiger partial charge in [0, 0.05) is 23.2 Å². The Kier molecular flexibility index (Phi) is 6.23. The number of carbonyl (C=O) groups excluding carboxylic acids is 1. The maximum Gasteiger partial charge on any atom is 0.257 e. The highest BCUT2D eigenvalue weighted by Gasteiger charge is 2.13. The lowest BCUT2D eigenvalue weighted by molar-refractivity contribution is 0.102. The molecule has 0 aliphatic rings. The third kappa shape index (κ3) is 4.93. The maximum absolute atomic E-state index is 12.6. The number of carbonyl (C=O) groups is 1. The molecule has 1 heterocycles. The monoisotopic (exact) mass is 419 g/mol. The van der Waals surface area contributed by atoms with E-state index >= 15 is 0 Å². The smallest absolute Gasteiger partial charge is 0.257 e. The summed E-state index contributed by atoms with van der Waals surface area (Å²) in [6.07, 6.45) is 1.65. The Hall–Kier alpha value is -2.25. The van der Waals surface area contributed by atoms with E-state index in [2.05, 4.69) is 10.3 Å². The molecule has 0 spiro atoms. The Morgan fingerprint density at radius 2 is 1.85 bits per heavy atom. The minimum atomic E-state index is -2.26. The highest BCUT2D eigenvalue weighted by molar-refractivity contribution is 7.78. The molecule has 2 aromatic carbocycles. The number of nitrogens with zero attached hydrogens (tertiary/aromatic N) is 1. The summed E-state index contributed by atoms with van der Waals surface area (Å²) in [5.41, 5.74) is 2.53. The SMILES string of the molecule is O=C(Nc1ccc(Cl)c(-c2ccccn2)c1)c1cc(CS(=O)[O-])ccc1Cl. The number of hydrogen-bond donors (Lipinski definition) is 1. The quantitative estimate of drug-likeness (QED) is 0.608. The molecule has 0 saturated carbocycles. The lowest BCUT2D eigenvalue weighted by Gasteiger charge is -2.11. The van der Waals surface area contributed by atoms with Crippen LogP contribution in [0.15, 0.2) is 60.8 Å². The number of nitrogens with one attached hydrogen (secondary N) is 1. The second kappa shape index (κ2) is 8.63. The fraction of sp³-hybridized carbons (Fsp3) is 0.0526. The number of aromatic nitrogens is 1. The molecule has 1 unspecified atom stereocenters. The van der Waals surface area contributed by atoms with Gasteiger partial charge in [-0.25, -0.2) is 0 Å². The summed E-state index contributed by atoms with van der Waals surface area (Å²) in [6, 6.07) is 15.0. The summed E-state index contributed by atoms with van der Waals surface area (Å²) < 4.78 is 21.8. The van der Waals surface area contributed by atoms with Crippen LogP contribution in [0, 0.1) is 0 Å². The zero-order chi connectivity index (χ0) is 19.4. The van der Waals surface area contributed by atoms with Crippen molar-refractivity contribution < 1.29 is 13.6 Å². The summed E-state index contributed by atoms with van der Waals surface area (Å²) in [5.74, 6) is -0.643. The van der Waals surface area contributed by atoms with E-state index in [1.807, 2.05) is 12.1 Å². The zero-order valence-electron chi connectivity index (χ0n) is 13.8. The number of rotatable bonds is 5. The largest absolute Gasteiger partial charge is 0.772 e. The van der Waals surface area contributed by atoms with E-state index in [1.54, 1.807) is 36.5 Å². The van der Waals surface area contributed by atoms with Crippen LogP contribution < -0.4 is 5.32 Å². The van der Waals surface area contributed by atoms with Gasteiger partial charge < -0.3 is 9.87 Å². The fourth-order valence-corrected chi connectivity index (χ4v) is 3.36. The second-order valence-corrected chi connectivity index (χ2v) is 7.34. The van der Waals surface area contributed by atoms with Crippen molar-refractivity contribution in [2.45, 2.75) is 5.75 Å². The molecule has 1 atom stereocenters. The molecule has 0 aliphatic carbocycles. The Bertz CT molecular complexity index is 1010. The van der Waals surface area contributed by atoms with Crippen molar-refractivity contribution in [2.75, 3.05) is 5.32 Å². The molecule has 5 nitrogen and oxygen atoms in total. The number of halogens is 2. The zero-order valence-corrected chi connectivity index (χ0v) is 16.1. The lowest BCUT2D eigenvalue weighted by Crippen LogP contribution is -2.13. The van der Waals surface area contributed by atoms with Gasteiger partial charge in [0.2, 0.25) is 0 Å². The van der Waals surface area contributed by atoms with Crippen molar-refractivity contribution in [3.05, 3.63) is 82.0 Å². The van der Waals surface area contributed by atoms with Gasteiger partial charge in [-0.3, -0.25) is 14.0 Å². The fourth-order valence-electron chi connectivity index (χ4n) is 2.49. The first-order valence-electron chi connectivity index (χ1n) is 7.80. The van der Waals surface area contributed by atoms with Crippen LogP contribution in [0.2, 0.25) is 10.0 Å². The van der Waals surface area contributed by atoms with Crippen molar-refractivity contribution in [3.63, 3.8) is 0 Å². The van der Waals surface area contributed by atoms with Crippen molar-refractivity contribution in [2.24, 2.45) is 0 Å². The molecular weight excluding hydrogens is 407 g/mol. The molecule has 3 aromatic rings. The molecule has 1 amide bonds. The van der Waals surface area contributed by atoms with E-state index in [1.165, 1.54) is 12.1 Å². The van der Waals surface area contributed by atoms with Gasteiger partial charge in [0.05, 0.1) is 21.3 Å². The minimum Gasteiger partial charge on any atom is -0.772 e. The number of amides is 1. The Morgan fingerprint density at radius 3 is 2.56 bits per heavy atom. The predicted octanol–water partition coefficient (Wildman–Crippen LogP) is 4.69. The third-order valence-electron chi connectivity index (χ3n) is 3.72. The van der Waals surface area contributed by atoms with Crippen LogP contribution >= 0.6 is 23.2 Å². The Morgan fingerprint density at radius 1 is 1.07 bits per heavy atom. The molecule has 0 radical (unpaired) electrons. The normalized spacial score (nSPS) is 11.8. The molecule has 27 heavy (non-hydrogen) atoms. The predicted molar refractivity (Wildman–Crippen MR) is 107 cm³/mol. The second-order valence-electron chi connectivity index (χ2n) is 5.63. The van der Waals surface area contributed by atoms with Crippen molar-refractivity contribution >= 4 is 45.9 Å². The maximum atomic E-state index is 12.6. The summed E-state index contributed by atoms with van der Waals surface area (Å²) in [5, 5.41) is 3.49. The number of hydrogen-bond acceptors (Lipinski definition) is 4. The molecule has 8 heteroatoms. The molecule has 0 aliphatic heterocycles. The summed E-state index contributed by atoms with van der Waals surface area (Å²) in [7, 11) is 0. The summed E-state index contributed by atoms with van der Waals surface area (Å²) >= 11 is 10.1. The van der Waals surface area contributed by atoms with Crippen molar-refractivity contribution in [3.8, 4) is 11.3 Å². The molecule has 138 valence electrons. The molecule has 1 aromatic heterocycles. The standard InChI is InChI=1S/C19H14Cl2N2O3S/c20-16-7-5-13(10-14(16)18-3-1-2-8-22-18)23-19(24)15-9-12(11-27(25)26)4-6-17(15)21/h1-10H,11H2,(H,23,24)(H,25,26)/p-1. The van der Waals surface area contributed by atoms with Crippen LogP contribution in [0.25, 0.3) is 11.3 Å². The van der Waals surface area contributed by atoms with E-state index < -0.39 is 17.0 Å². The van der Waals surface area contributed by atoms with Gasteiger partial charge >= 0.3 is 0 Å². The van der Waals surface area contributed by atoms with Gasteiger partial charge in [-0.2, -0.15) is 0 Å². The topological polar surface area (TPSA) is 82.1 Å². The van der Waals surface area contributed by atoms with Crippen LogP contribution in [-0.2, 0) is 16.8 Å². The van der Waals surface area contributed by atoms with Gasteiger partial charge in [-0.1, -0.05) is 46.4 Å². The van der Waals surface area contributed by atoms with Gasteiger partial charge in [-0.05, 0) is 48.0 Å². The minimum absolute atomic E-state index is 0.189. The van der Waals surface area contributed by atoms with Crippen molar-refractivity contribution in [1.29, 1.82) is 0 Å². The Balaban J connectivity index is 1.88. The molecule has 1 N–H and O–H groups in total. The molecule has 0 bridgehead atoms. The average Bonchev–Trinajstić information content (AvgIpc) is 2.65. The van der Waals surface area contributed by atoms with Gasteiger partial charge in [0.1, 0.15) is 0 Å². The van der Waals surface area contributed by atoms with Crippen LogP contribution in [0.5, 0.6) is 0 Å². The molecule has 0 saturated heterocycles. The van der Waals surface area contributed by atoms with Gasteiger partial charge in [0.25, 0.3) is 5.91 Å². The van der Waals surface area contributed by atoms with Crippen LogP contribution in [0.4, 0.5) is 5.69 Å². The van der Waals surface area contributed by atoms with Gasteiger partial charge in [0.15, 0.2) is 0 Å². The highest BCUT2D eigenvalue weighted by Crippen LogP contribution is 2.29. The van der Waals surface area contributed by atoms with Gasteiger partial charge in [-0.15, -0.1) is 0 Å². The molecule has 3 rings (SSSR count). The molecular formula is C19H13Cl2N2O3S-. The number of pyridine rings is 1. The summed E-state index contributed by atoms with van der Waals surface area (Å²) in [6.45, 7) is 0. The van der Waals surface area contributed by atoms with E-state index in [0.717, 1.165) is 0 Å². The third-order valence-corrected chi connectivity index (χ3v) is 4.95. The molecule has 0 fully saturated rings. The number of benzene rings is 2. The lowest BCUT2D eigenvalue weighted by atomic mass is 10.1. The van der Waals surface area contributed by atoms with Crippen molar-refractivity contribution in [1.82, 2.24) is 4.98 Å². The first-order chi connectivity index (χ1) is 12.9.